The highest BCUT2D eigenvalue weighted by Gasteiger charge is 2.17. The van der Waals surface area contributed by atoms with E-state index in [1.165, 1.54) is 23.1 Å². The van der Waals surface area contributed by atoms with Gasteiger partial charge in [-0.25, -0.2) is 0 Å². The summed E-state index contributed by atoms with van der Waals surface area (Å²) in [6.07, 6.45) is -0.101. The highest BCUT2D eigenvalue weighted by molar-refractivity contribution is 6.03. The summed E-state index contributed by atoms with van der Waals surface area (Å²) in [6.45, 7) is -0.183. The number of para-hydroxylation sites is 1. The largest absolute Gasteiger partial charge is 0.347 e. The van der Waals surface area contributed by atoms with E-state index in [0.717, 1.165) is 0 Å². The number of fused-ring (bicyclic) bond motifs is 1. The second kappa shape index (κ2) is 11.2. The van der Waals surface area contributed by atoms with Crippen LogP contribution in [0.25, 0.3) is 10.8 Å². The molecule has 1 heterocycles. The Kier molecular flexibility index (Phi) is 7.91. The number of rotatable bonds is 9. The fourth-order valence-corrected chi connectivity index (χ4v) is 3.32. The van der Waals surface area contributed by atoms with Gasteiger partial charge in [-0.1, -0.05) is 24.3 Å². The van der Waals surface area contributed by atoms with Crippen molar-refractivity contribution in [1.82, 2.24) is 15.5 Å². The Morgan fingerprint density at radius 1 is 0.912 bits per heavy atom. The minimum absolute atomic E-state index is 0.0231. The zero-order chi connectivity index (χ0) is 24.5. The molecular weight excluding hydrogens is 440 g/mol. The molecule has 0 atom stereocenters. The van der Waals surface area contributed by atoms with Crippen molar-refractivity contribution in [1.29, 1.82) is 5.26 Å². The lowest BCUT2D eigenvalue weighted by molar-refractivity contribution is -0.126. The topological polar surface area (TPSA) is 168 Å². The lowest BCUT2D eigenvalue weighted by Crippen LogP contribution is -2.35. The molecule has 0 aliphatic rings. The first-order valence-electron chi connectivity index (χ1n) is 10.4. The first-order chi connectivity index (χ1) is 16.4. The fraction of sp³-hybridized carbons (Fsp3) is 0.217. The van der Waals surface area contributed by atoms with Crippen LogP contribution in [0.5, 0.6) is 0 Å². The molecule has 3 amide bonds. The molecule has 0 aliphatic heterocycles. The third-order valence-corrected chi connectivity index (χ3v) is 4.93. The summed E-state index contributed by atoms with van der Waals surface area (Å²) in [5, 5.41) is 18.3. The van der Waals surface area contributed by atoms with Crippen LogP contribution >= 0.6 is 0 Å². The minimum atomic E-state index is -0.605. The number of nitrogens with zero attached hydrogens (tertiary/aromatic N) is 2. The number of nitrogens with one attached hydrogen (secondary N) is 4. The molecule has 0 unspecified atom stereocenters. The number of aromatic amines is 2. The zero-order valence-electron chi connectivity index (χ0n) is 18.1. The average Bonchev–Trinajstić information content (AvgIpc) is 2.84. The lowest BCUT2D eigenvalue weighted by atomic mass is 10.1. The molecule has 2 aromatic carbocycles. The maximum absolute atomic E-state index is 12.6. The number of hydrogen-bond donors (Lipinski definition) is 4. The summed E-state index contributed by atoms with van der Waals surface area (Å²) >= 11 is 0. The molecule has 1 aromatic heterocycles. The number of aromatic nitrogens is 2. The molecule has 174 valence electrons. The number of benzene rings is 2. The van der Waals surface area contributed by atoms with Crippen molar-refractivity contribution in [3.05, 3.63) is 69.2 Å². The van der Waals surface area contributed by atoms with Crippen LogP contribution in [0.2, 0.25) is 0 Å². The van der Waals surface area contributed by atoms with Gasteiger partial charge in [-0.15, -0.1) is 0 Å². The number of carbonyl (C=O) groups is 3. The van der Waals surface area contributed by atoms with Crippen LogP contribution < -0.4 is 26.7 Å². The van der Waals surface area contributed by atoms with E-state index in [2.05, 4.69) is 20.8 Å². The Hall–Kier alpha value is -4.72. The molecule has 11 nitrogen and oxygen atoms in total. The highest BCUT2D eigenvalue weighted by atomic mass is 16.2. The number of H-pyrrole nitrogens is 2. The quantitative estimate of drug-likeness (QED) is 0.370. The van der Waals surface area contributed by atoms with Crippen LogP contribution in [0.15, 0.2) is 58.1 Å². The van der Waals surface area contributed by atoms with Gasteiger partial charge >= 0.3 is 0 Å². The van der Waals surface area contributed by atoms with Crippen molar-refractivity contribution >= 4 is 39.9 Å². The molecular formula is C23H22N6O5. The maximum Gasteiger partial charge on any atom is 0.272 e. The summed E-state index contributed by atoms with van der Waals surface area (Å²) < 4.78 is 0. The van der Waals surface area contributed by atoms with Gasteiger partial charge in [0.2, 0.25) is 17.7 Å². The van der Waals surface area contributed by atoms with E-state index in [1.807, 2.05) is 6.07 Å². The Morgan fingerprint density at radius 2 is 1.65 bits per heavy atom. The number of nitriles is 1. The Bertz CT molecular complexity index is 1360. The van der Waals surface area contributed by atoms with Crippen LogP contribution in [0.3, 0.4) is 0 Å². The predicted octanol–water partition coefficient (Wildman–Crippen LogP) is 0.998. The van der Waals surface area contributed by atoms with Gasteiger partial charge in [0.1, 0.15) is 0 Å². The third kappa shape index (κ3) is 5.95. The van der Waals surface area contributed by atoms with Crippen LogP contribution in [-0.2, 0) is 14.4 Å². The standard InChI is InChI=1S/C23H22N6O5/c24-12-5-13-29(15-6-2-1-3-7-15)20(32)11-10-18(30)25-14-19(31)26-17-9-4-8-16-21(17)23(34)28-27-22(16)33/h1-4,6-9H,5,10-11,13-14H2,(H,25,30)(H,26,31)(H,27,33)(H,28,34). The molecule has 11 heteroatoms. The van der Waals surface area contributed by atoms with Gasteiger partial charge in [-0.3, -0.25) is 34.2 Å². The lowest BCUT2D eigenvalue weighted by Gasteiger charge is -2.21. The van der Waals surface area contributed by atoms with Crippen molar-refractivity contribution in [2.24, 2.45) is 0 Å². The summed E-state index contributed by atoms with van der Waals surface area (Å²) in [6, 6.07) is 15.3. The van der Waals surface area contributed by atoms with Crippen molar-refractivity contribution in [3.63, 3.8) is 0 Å². The van der Waals surface area contributed by atoms with Crippen molar-refractivity contribution < 1.29 is 14.4 Å². The van der Waals surface area contributed by atoms with Gasteiger partial charge < -0.3 is 15.5 Å². The molecule has 34 heavy (non-hydrogen) atoms. The molecule has 3 aromatic rings. The van der Waals surface area contributed by atoms with Gasteiger partial charge in [-0.2, -0.15) is 5.26 Å². The second-order valence-electron chi connectivity index (χ2n) is 7.25. The van der Waals surface area contributed by atoms with E-state index in [9.17, 15) is 24.0 Å². The molecule has 0 fully saturated rings. The molecule has 0 spiro atoms. The first-order valence-corrected chi connectivity index (χ1v) is 10.4. The van der Waals surface area contributed by atoms with E-state index in [0.29, 0.717) is 5.69 Å². The van der Waals surface area contributed by atoms with Crippen molar-refractivity contribution in [2.75, 3.05) is 23.3 Å². The Balaban J connectivity index is 1.55. The highest BCUT2D eigenvalue weighted by Crippen LogP contribution is 2.17. The number of anilines is 2. The Labute approximate surface area is 193 Å². The third-order valence-electron chi connectivity index (χ3n) is 4.93. The van der Waals surface area contributed by atoms with E-state index < -0.39 is 22.9 Å². The van der Waals surface area contributed by atoms with Gasteiger partial charge in [0.25, 0.3) is 11.1 Å². The van der Waals surface area contributed by atoms with E-state index in [4.69, 9.17) is 5.26 Å². The summed E-state index contributed by atoms with van der Waals surface area (Å²) in [5.74, 6) is -1.43. The number of amides is 3. The van der Waals surface area contributed by atoms with Gasteiger partial charge in [0.05, 0.1) is 35.5 Å². The van der Waals surface area contributed by atoms with E-state index >= 15 is 0 Å². The van der Waals surface area contributed by atoms with Gasteiger partial charge in [0, 0.05) is 25.1 Å². The number of carbonyl (C=O) groups excluding carboxylic acids is 3. The molecule has 0 saturated heterocycles. The van der Waals surface area contributed by atoms with Crippen molar-refractivity contribution in [3.8, 4) is 6.07 Å². The molecule has 0 radical (unpaired) electrons. The molecule has 3 rings (SSSR count). The maximum atomic E-state index is 12.6. The summed E-state index contributed by atoms with van der Waals surface area (Å²) in [5.41, 5.74) is -0.322. The molecule has 4 N–H and O–H groups in total. The van der Waals surface area contributed by atoms with Crippen LogP contribution in [0.4, 0.5) is 11.4 Å². The minimum Gasteiger partial charge on any atom is -0.347 e. The molecule has 0 bridgehead atoms. The van der Waals surface area contributed by atoms with Crippen LogP contribution in [-0.4, -0.2) is 41.0 Å². The SMILES string of the molecule is N#CCCN(C(=O)CCC(=O)NCC(=O)Nc1cccc2c(=O)[nH][nH]c(=O)c12)c1ccccc1. The molecule has 0 saturated carbocycles. The van der Waals surface area contributed by atoms with E-state index in [1.54, 1.807) is 30.3 Å². The van der Waals surface area contributed by atoms with Crippen molar-refractivity contribution in [2.45, 2.75) is 19.3 Å². The van der Waals surface area contributed by atoms with Crippen LogP contribution in [0.1, 0.15) is 19.3 Å². The second-order valence-corrected chi connectivity index (χ2v) is 7.25. The molecule has 0 aliphatic carbocycles. The predicted molar refractivity (Wildman–Crippen MR) is 125 cm³/mol. The normalized spacial score (nSPS) is 10.3. The van der Waals surface area contributed by atoms with Gasteiger partial charge in [-0.05, 0) is 24.3 Å². The zero-order valence-corrected chi connectivity index (χ0v) is 18.1. The summed E-state index contributed by atoms with van der Waals surface area (Å²) in [7, 11) is 0. The van der Waals surface area contributed by atoms with E-state index in [-0.39, 0.29) is 54.7 Å². The smallest absolute Gasteiger partial charge is 0.272 e. The number of hydrogen-bond acceptors (Lipinski definition) is 6. The Morgan fingerprint density at radius 3 is 2.38 bits per heavy atom. The fourth-order valence-electron chi connectivity index (χ4n) is 3.32. The van der Waals surface area contributed by atoms with Crippen LogP contribution in [0, 0.1) is 11.3 Å². The monoisotopic (exact) mass is 462 g/mol. The first kappa shape index (κ1) is 23.9. The average molecular weight is 462 g/mol. The van der Waals surface area contributed by atoms with Gasteiger partial charge in [0.15, 0.2) is 0 Å². The summed E-state index contributed by atoms with van der Waals surface area (Å²) in [4.78, 5) is 62.4.